The quantitative estimate of drug-likeness (QED) is 0.398. The molecule has 3 aromatic rings. The van der Waals surface area contributed by atoms with E-state index in [2.05, 4.69) is 0 Å². The van der Waals surface area contributed by atoms with E-state index in [0.717, 1.165) is 11.1 Å². The number of para-hydroxylation sites is 1. The second kappa shape index (κ2) is 11.9. The van der Waals surface area contributed by atoms with Gasteiger partial charge in [0, 0.05) is 13.1 Å². The van der Waals surface area contributed by atoms with Crippen LogP contribution in [0.4, 0.5) is 4.79 Å². The molecule has 0 aromatic heterocycles. The van der Waals surface area contributed by atoms with Gasteiger partial charge in [-0.05, 0) is 62.6 Å². The molecule has 0 saturated carbocycles. The Hall–Kier alpha value is -3.85. The van der Waals surface area contributed by atoms with E-state index in [1.54, 1.807) is 29.2 Å². The molecule has 0 spiro atoms. The Morgan fingerprint density at radius 3 is 2.11 bits per heavy atom. The summed E-state index contributed by atoms with van der Waals surface area (Å²) in [5, 5.41) is 8.87. The molecule has 0 atom stereocenters. The van der Waals surface area contributed by atoms with Gasteiger partial charge in [0.25, 0.3) is 0 Å². The van der Waals surface area contributed by atoms with Crippen LogP contribution in [0.2, 0.25) is 0 Å². The Balaban J connectivity index is 1.75. The minimum atomic E-state index is -3.94. The number of hydrogen-bond acceptors (Lipinski definition) is 6. The highest BCUT2D eigenvalue weighted by atomic mass is 32.2. The normalized spacial score (nSPS) is 11.5. The van der Waals surface area contributed by atoms with Gasteiger partial charge in [-0.1, -0.05) is 54.6 Å². The Morgan fingerprint density at radius 1 is 0.865 bits per heavy atom. The lowest BCUT2D eigenvalue weighted by Gasteiger charge is -2.27. The van der Waals surface area contributed by atoms with Gasteiger partial charge in [-0.25, -0.2) is 18.0 Å². The van der Waals surface area contributed by atoms with Gasteiger partial charge < -0.3 is 19.5 Å². The molecular formula is C28H31NO7S. The molecule has 1 N–H and O–H groups in total. The molecule has 0 bridgehead atoms. The van der Waals surface area contributed by atoms with E-state index in [1.807, 2.05) is 51.1 Å². The lowest BCUT2D eigenvalue weighted by molar-refractivity contribution is -0.139. The number of carboxylic acids is 1. The smallest absolute Gasteiger partial charge is 0.410 e. The molecular weight excluding hydrogens is 494 g/mol. The summed E-state index contributed by atoms with van der Waals surface area (Å²) in [6.45, 7) is 5.56. The third-order valence-electron chi connectivity index (χ3n) is 5.26. The van der Waals surface area contributed by atoms with Crippen molar-refractivity contribution in [3.8, 4) is 5.75 Å². The molecule has 3 aromatic carbocycles. The van der Waals surface area contributed by atoms with E-state index < -0.39 is 34.1 Å². The Kier molecular flexibility index (Phi) is 8.94. The van der Waals surface area contributed by atoms with Crippen molar-refractivity contribution in [3.05, 3.63) is 90.0 Å². The second-order valence-corrected chi connectivity index (χ2v) is 11.3. The zero-order valence-electron chi connectivity index (χ0n) is 21.1. The van der Waals surface area contributed by atoms with Crippen LogP contribution in [0.3, 0.4) is 0 Å². The average molecular weight is 526 g/mol. The first-order valence-electron chi connectivity index (χ1n) is 11.8. The van der Waals surface area contributed by atoms with Crippen molar-refractivity contribution >= 4 is 21.9 Å². The van der Waals surface area contributed by atoms with Crippen molar-refractivity contribution in [3.63, 3.8) is 0 Å². The predicted octanol–water partition coefficient (Wildman–Crippen LogP) is 4.96. The predicted molar refractivity (Wildman–Crippen MR) is 138 cm³/mol. The maximum Gasteiger partial charge on any atom is 0.410 e. The first-order valence-corrected chi connectivity index (χ1v) is 13.2. The summed E-state index contributed by atoms with van der Waals surface area (Å²) in [5.41, 5.74) is 1.18. The third kappa shape index (κ3) is 8.08. The van der Waals surface area contributed by atoms with Crippen LogP contribution >= 0.6 is 0 Å². The highest BCUT2D eigenvalue weighted by molar-refractivity contribution is 7.91. The maximum absolute atomic E-state index is 13.2. The number of ether oxygens (including phenoxy) is 2. The second-order valence-electron chi connectivity index (χ2n) is 9.41. The molecule has 0 unspecified atom stereocenters. The Bertz CT molecular complexity index is 1310. The van der Waals surface area contributed by atoms with Crippen LogP contribution < -0.4 is 4.74 Å². The summed E-state index contributed by atoms with van der Waals surface area (Å²) in [6, 6.07) is 21.9. The summed E-state index contributed by atoms with van der Waals surface area (Å²) in [5.74, 6) is -1.23. The lowest BCUT2D eigenvalue weighted by atomic mass is 10.1. The molecule has 0 fully saturated rings. The summed E-state index contributed by atoms with van der Waals surface area (Å²) in [4.78, 5) is 25.3. The highest BCUT2D eigenvalue weighted by Crippen LogP contribution is 2.29. The molecule has 1 amide bonds. The SMILES string of the molecule is CC(C)(C)OC(=O)N(CCc1ccc(S(=O)(=O)c2ccccc2OCC(=O)O)cc1)Cc1ccccc1. The van der Waals surface area contributed by atoms with Gasteiger partial charge in [0.15, 0.2) is 6.61 Å². The summed E-state index contributed by atoms with van der Waals surface area (Å²) >= 11 is 0. The molecule has 0 saturated heterocycles. The fraction of sp³-hybridized carbons (Fsp3) is 0.286. The first kappa shape index (κ1) is 27.7. The van der Waals surface area contributed by atoms with Crippen LogP contribution in [0.5, 0.6) is 5.75 Å². The van der Waals surface area contributed by atoms with E-state index in [0.29, 0.717) is 19.5 Å². The van der Waals surface area contributed by atoms with E-state index in [-0.39, 0.29) is 15.5 Å². The van der Waals surface area contributed by atoms with Gasteiger partial charge in [0.1, 0.15) is 16.2 Å². The van der Waals surface area contributed by atoms with E-state index in [1.165, 1.54) is 24.3 Å². The maximum atomic E-state index is 13.2. The molecule has 0 aliphatic heterocycles. The fourth-order valence-corrected chi connectivity index (χ4v) is 4.92. The standard InChI is InChI=1S/C28H31NO7S/c1-28(2,3)36-27(32)29(19-22-9-5-4-6-10-22)18-17-21-13-15-23(16-14-21)37(33,34)25-12-8-7-11-24(25)35-20-26(30)31/h4-16H,17-20H2,1-3H3,(H,30,31). The molecule has 0 radical (unpaired) electrons. The van der Waals surface area contributed by atoms with Crippen LogP contribution in [-0.2, 0) is 32.3 Å². The molecule has 0 aliphatic rings. The number of carbonyl (C=O) groups excluding carboxylic acids is 1. The molecule has 0 heterocycles. The Labute approximate surface area is 217 Å². The lowest BCUT2D eigenvalue weighted by Crippen LogP contribution is -2.37. The summed E-state index contributed by atoms with van der Waals surface area (Å²) in [7, 11) is -3.94. The largest absolute Gasteiger partial charge is 0.481 e. The monoisotopic (exact) mass is 525 g/mol. The van der Waals surface area contributed by atoms with Gasteiger partial charge in [-0.3, -0.25) is 0 Å². The van der Waals surface area contributed by atoms with Crippen LogP contribution in [0, 0.1) is 0 Å². The van der Waals surface area contributed by atoms with Crippen molar-refractivity contribution in [2.45, 2.75) is 49.1 Å². The van der Waals surface area contributed by atoms with Crippen molar-refractivity contribution in [2.75, 3.05) is 13.2 Å². The van der Waals surface area contributed by atoms with Crippen molar-refractivity contribution < 1.29 is 32.6 Å². The number of sulfone groups is 1. The van der Waals surface area contributed by atoms with Crippen LogP contribution in [0.15, 0.2) is 88.7 Å². The zero-order valence-corrected chi connectivity index (χ0v) is 21.9. The van der Waals surface area contributed by atoms with Gasteiger partial charge in [0.2, 0.25) is 9.84 Å². The molecule has 37 heavy (non-hydrogen) atoms. The van der Waals surface area contributed by atoms with Gasteiger partial charge in [0.05, 0.1) is 4.90 Å². The Morgan fingerprint density at radius 2 is 1.49 bits per heavy atom. The topological polar surface area (TPSA) is 110 Å². The van der Waals surface area contributed by atoms with Crippen molar-refractivity contribution in [1.29, 1.82) is 0 Å². The minimum absolute atomic E-state index is 0.0251. The number of rotatable bonds is 10. The van der Waals surface area contributed by atoms with Crippen LogP contribution in [-0.4, -0.2) is 49.2 Å². The third-order valence-corrected chi connectivity index (χ3v) is 7.07. The molecule has 3 rings (SSSR count). The number of hydrogen-bond donors (Lipinski definition) is 1. The van der Waals surface area contributed by atoms with Gasteiger partial charge >= 0.3 is 12.1 Å². The highest BCUT2D eigenvalue weighted by Gasteiger charge is 2.24. The van der Waals surface area contributed by atoms with E-state index in [9.17, 15) is 18.0 Å². The number of amides is 1. The van der Waals surface area contributed by atoms with Gasteiger partial charge in [-0.15, -0.1) is 0 Å². The fourth-order valence-electron chi connectivity index (χ4n) is 3.52. The number of nitrogens with zero attached hydrogens (tertiary/aromatic N) is 1. The molecule has 0 aliphatic carbocycles. The van der Waals surface area contributed by atoms with Crippen molar-refractivity contribution in [1.82, 2.24) is 4.90 Å². The number of aliphatic carboxylic acids is 1. The molecule has 8 nitrogen and oxygen atoms in total. The summed E-state index contributed by atoms with van der Waals surface area (Å²) in [6.07, 6.45) is 0.0681. The van der Waals surface area contributed by atoms with Crippen molar-refractivity contribution in [2.24, 2.45) is 0 Å². The number of carbonyl (C=O) groups is 2. The number of benzene rings is 3. The number of carboxylic acid groups (broad SMARTS) is 1. The van der Waals surface area contributed by atoms with E-state index >= 15 is 0 Å². The minimum Gasteiger partial charge on any atom is -0.481 e. The van der Waals surface area contributed by atoms with Crippen LogP contribution in [0.25, 0.3) is 0 Å². The summed E-state index contributed by atoms with van der Waals surface area (Å²) < 4.78 is 37.2. The van der Waals surface area contributed by atoms with E-state index in [4.69, 9.17) is 14.6 Å². The zero-order chi connectivity index (χ0) is 27.1. The average Bonchev–Trinajstić information content (AvgIpc) is 2.85. The molecule has 196 valence electrons. The van der Waals surface area contributed by atoms with Gasteiger partial charge in [-0.2, -0.15) is 0 Å². The molecule has 9 heteroatoms. The van der Waals surface area contributed by atoms with Crippen LogP contribution in [0.1, 0.15) is 31.9 Å². The first-order chi connectivity index (χ1) is 17.5.